The van der Waals surface area contributed by atoms with E-state index in [0.29, 0.717) is 0 Å². The third kappa shape index (κ3) is 3.21. The number of hydrogen-bond donors (Lipinski definition) is 1. The number of nitrogens with one attached hydrogen (secondary N) is 1. The van der Waals surface area contributed by atoms with Crippen LogP contribution in [0.15, 0.2) is 32.5 Å². The highest BCUT2D eigenvalue weighted by Crippen LogP contribution is 2.40. The van der Waals surface area contributed by atoms with E-state index in [2.05, 4.69) is 37.2 Å². The zero-order valence-corrected chi connectivity index (χ0v) is 15.7. The number of hydrogen-bond acceptors (Lipinski definition) is 2. The van der Waals surface area contributed by atoms with Crippen LogP contribution in [0.25, 0.3) is 0 Å². The van der Waals surface area contributed by atoms with Crippen LogP contribution in [0.4, 0.5) is 0 Å². The molecule has 2 heterocycles. The Morgan fingerprint density at radius 2 is 2.10 bits per heavy atom. The van der Waals surface area contributed by atoms with Gasteiger partial charge in [-0.15, -0.1) is 22.9 Å². The Bertz CT molecular complexity index is 681. The van der Waals surface area contributed by atoms with E-state index in [0.717, 1.165) is 49.2 Å². The van der Waals surface area contributed by atoms with Gasteiger partial charge < -0.3 is 5.32 Å². The van der Waals surface area contributed by atoms with Crippen LogP contribution >= 0.6 is 54.8 Å². The number of alkyl halides is 1. The molecule has 2 nitrogen and oxygen atoms in total. The van der Waals surface area contributed by atoms with Gasteiger partial charge in [-0.25, -0.2) is 0 Å². The Hall–Kier alpha value is -0.360. The number of fused-ring (bicyclic) bond motifs is 1. The minimum absolute atomic E-state index is 0.00163. The van der Waals surface area contributed by atoms with Gasteiger partial charge in [0.1, 0.15) is 0 Å². The maximum absolute atomic E-state index is 12.1. The highest BCUT2D eigenvalue weighted by atomic mass is 79.9. The average Bonchev–Trinajstić information content (AvgIpc) is 2.70. The standard InChI is InChI=1S/C15H12Br2ClNOS/c16-11-7-12(21-14(11)17)13(18)9-4-3-8-2-1-5-19-15(20)10(8)6-9/h3-4,6-7,13H,1-2,5H2,(H,19,20). The lowest BCUT2D eigenvalue weighted by molar-refractivity contribution is 0.0956. The number of amides is 1. The molecular formula is C15H12Br2ClNOS. The topological polar surface area (TPSA) is 29.1 Å². The van der Waals surface area contributed by atoms with Crippen molar-refractivity contribution in [3.63, 3.8) is 0 Å². The van der Waals surface area contributed by atoms with Crippen molar-refractivity contribution < 1.29 is 4.79 Å². The average molecular weight is 450 g/mol. The number of aryl methyl sites for hydroxylation is 1. The number of rotatable bonds is 2. The molecule has 1 aromatic carbocycles. The van der Waals surface area contributed by atoms with Crippen LogP contribution in [-0.2, 0) is 6.42 Å². The molecule has 0 spiro atoms. The molecule has 1 amide bonds. The highest BCUT2D eigenvalue weighted by molar-refractivity contribution is 9.13. The molecule has 0 fully saturated rings. The Morgan fingerprint density at radius 3 is 2.81 bits per heavy atom. The van der Waals surface area contributed by atoms with E-state index < -0.39 is 0 Å². The van der Waals surface area contributed by atoms with Crippen molar-refractivity contribution in [3.05, 3.63) is 54.1 Å². The fourth-order valence-electron chi connectivity index (χ4n) is 2.41. The highest BCUT2D eigenvalue weighted by Gasteiger charge is 2.20. The molecule has 0 radical (unpaired) electrons. The molecule has 0 saturated carbocycles. The van der Waals surface area contributed by atoms with Crippen molar-refractivity contribution in [1.29, 1.82) is 0 Å². The lowest BCUT2D eigenvalue weighted by Crippen LogP contribution is -2.22. The normalized spacial score (nSPS) is 16.0. The number of halogens is 3. The van der Waals surface area contributed by atoms with Gasteiger partial charge in [-0.05, 0) is 68.0 Å². The quantitative estimate of drug-likeness (QED) is 0.621. The van der Waals surface area contributed by atoms with Gasteiger partial charge in [-0.2, -0.15) is 0 Å². The molecule has 0 bridgehead atoms. The molecule has 1 aromatic heterocycles. The van der Waals surface area contributed by atoms with Gasteiger partial charge in [0.15, 0.2) is 0 Å². The first kappa shape index (κ1) is 15.5. The van der Waals surface area contributed by atoms with E-state index in [1.54, 1.807) is 11.3 Å². The van der Waals surface area contributed by atoms with E-state index in [1.165, 1.54) is 0 Å². The maximum Gasteiger partial charge on any atom is 0.251 e. The second kappa shape index (κ2) is 6.41. The van der Waals surface area contributed by atoms with Gasteiger partial charge >= 0.3 is 0 Å². The Labute approximate surface area is 149 Å². The van der Waals surface area contributed by atoms with Gasteiger partial charge in [-0.1, -0.05) is 12.1 Å². The SMILES string of the molecule is O=C1NCCCc2ccc(C(Cl)c3cc(Br)c(Br)s3)cc21. The fraction of sp³-hybridized carbons (Fsp3) is 0.267. The number of carbonyl (C=O) groups excluding carboxylic acids is 1. The lowest BCUT2D eigenvalue weighted by Gasteiger charge is -2.11. The summed E-state index contributed by atoms with van der Waals surface area (Å²) < 4.78 is 2.02. The maximum atomic E-state index is 12.1. The summed E-state index contributed by atoms with van der Waals surface area (Å²) in [6.45, 7) is 0.734. The van der Waals surface area contributed by atoms with Crippen LogP contribution in [0.2, 0.25) is 0 Å². The molecule has 1 unspecified atom stereocenters. The molecule has 0 saturated heterocycles. The summed E-state index contributed by atoms with van der Waals surface area (Å²) in [5, 5.41) is 2.67. The van der Waals surface area contributed by atoms with Crippen molar-refractivity contribution in [3.8, 4) is 0 Å². The van der Waals surface area contributed by atoms with Crippen LogP contribution in [0, 0.1) is 0 Å². The zero-order chi connectivity index (χ0) is 15.0. The molecule has 110 valence electrons. The van der Waals surface area contributed by atoms with Crippen molar-refractivity contribution in [2.45, 2.75) is 18.2 Å². The summed E-state index contributed by atoms with van der Waals surface area (Å²) in [6, 6.07) is 7.99. The molecule has 2 aromatic rings. The molecule has 1 N–H and O–H groups in total. The monoisotopic (exact) mass is 447 g/mol. The Morgan fingerprint density at radius 1 is 1.29 bits per heavy atom. The van der Waals surface area contributed by atoms with Crippen LogP contribution in [-0.4, -0.2) is 12.5 Å². The molecular weight excluding hydrogens is 437 g/mol. The van der Waals surface area contributed by atoms with Crippen molar-refractivity contribution >= 4 is 60.7 Å². The van der Waals surface area contributed by atoms with E-state index in [1.807, 2.05) is 24.3 Å². The summed E-state index contributed by atoms with van der Waals surface area (Å²) in [4.78, 5) is 13.2. The fourth-order valence-corrected chi connectivity index (χ4v) is 4.84. The summed E-state index contributed by atoms with van der Waals surface area (Å²) in [5.41, 5.74) is 2.81. The minimum atomic E-state index is -0.251. The van der Waals surface area contributed by atoms with Crippen LogP contribution in [0.1, 0.15) is 38.2 Å². The van der Waals surface area contributed by atoms with E-state index in [4.69, 9.17) is 11.6 Å². The molecule has 3 rings (SSSR count). The second-order valence-electron chi connectivity index (χ2n) is 4.91. The summed E-state index contributed by atoms with van der Waals surface area (Å²) in [7, 11) is 0. The van der Waals surface area contributed by atoms with Gasteiger partial charge in [0.05, 0.1) is 9.16 Å². The van der Waals surface area contributed by atoms with Gasteiger partial charge in [-0.3, -0.25) is 4.79 Å². The largest absolute Gasteiger partial charge is 0.352 e. The van der Waals surface area contributed by atoms with E-state index in [9.17, 15) is 4.79 Å². The van der Waals surface area contributed by atoms with Crippen LogP contribution in [0.5, 0.6) is 0 Å². The van der Waals surface area contributed by atoms with Crippen molar-refractivity contribution in [2.75, 3.05) is 6.54 Å². The third-order valence-electron chi connectivity index (χ3n) is 3.49. The molecule has 6 heteroatoms. The molecule has 0 aliphatic carbocycles. The van der Waals surface area contributed by atoms with Crippen LogP contribution in [0.3, 0.4) is 0 Å². The van der Waals surface area contributed by atoms with Gasteiger partial charge in [0.2, 0.25) is 0 Å². The second-order valence-corrected chi connectivity index (χ2v) is 8.60. The summed E-state index contributed by atoms with van der Waals surface area (Å²) in [5.74, 6) is 0.00163. The first-order chi connectivity index (χ1) is 10.1. The first-order valence-electron chi connectivity index (χ1n) is 6.56. The Balaban J connectivity index is 1.97. The first-order valence-corrected chi connectivity index (χ1v) is 9.40. The van der Waals surface area contributed by atoms with Gasteiger partial charge in [0, 0.05) is 21.5 Å². The van der Waals surface area contributed by atoms with Crippen molar-refractivity contribution in [2.24, 2.45) is 0 Å². The van der Waals surface area contributed by atoms with E-state index >= 15 is 0 Å². The predicted octanol–water partition coefficient (Wildman–Crippen LogP) is 5.28. The Kier molecular flexibility index (Phi) is 4.74. The smallest absolute Gasteiger partial charge is 0.251 e. The number of benzene rings is 1. The number of carbonyl (C=O) groups is 1. The lowest BCUT2D eigenvalue weighted by atomic mass is 9.99. The summed E-state index contributed by atoms with van der Waals surface area (Å²) in [6.07, 6.45) is 1.91. The van der Waals surface area contributed by atoms with Crippen LogP contribution < -0.4 is 5.32 Å². The molecule has 1 aliphatic heterocycles. The van der Waals surface area contributed by atoms with Crippen molar-refractivity contribution in [1.82, 2.24) is 5.32 Å². The molecule has 1 aliphatic rings. The van der Waals surface area contributed by atoms with Gasteiger partial charge in [0.25, 0.3) is 5.91 Å². The summed E-state index contributed by atoms with van der Waals surface area (Å²) >= 11 is 15.1. The van der Waals surface area contributed by atoms with E-state index in [-0.39, 0.29) is 11.3 Å². The zero-order valence-electron chi connectivity index (χ0n) is 11.0. The molecule has 21 heavy (non-hydrogen) atoms. The third-order valence-corrected chi connectivity index (χ3v) is 7.43. The minimum Gasteiger partial charge on any atom is -0.352 e. The number of thiophene rings is 1. The molecule has 1 atom stereocenters. The predicted molar refractivity (Wildman–Crippen MR) is 94.5 cm³/mol.